The predicted molar refractivity (Wildman–Crippen MR) is 100 cm³/mol. The van der Waals surface area contributed by atoms with E-state index in [1.54, 1.807) is 11.0 Å². The van der Waals surface area contributed by atoms with Crippen molar-refractivity contribution in [1.82, 2.24) is 15.1 Å². The number of carbonyl (C=O) groups is 2. The lowest BCUT2D eigenvalue weighted by Gasteiger charge is -2.32. The van der Waals surface area contributed by atoms with Crippen LogP contribution in [0, 0.1) is 6.92 Å². The van der Waals surface area contributed by atoms with Crippen molar-refractivity contribution in [2.45, 2.75) is 25.7 Å². The third kappa shape index (κ3) is 3.43. The first kappa shape index (κ1) is 17.3. The monoisotopic (exact) mass is 363 g/mol. The summed E-state index contributed by atoms with van der Waals surface area (Å²) in [6.45, 7) is 3.13. The topological polar surface area (TPSA) is 79.2 Å². The number of Topliss-reactive ketones (excluding diaryl/α,β-unsaturated/α-hetero) is 1. The van der Waals surface area contributed by atoms with Gasteiger partial charge < -0.3 is 9.32 Å². The molecule has 1 fully saturated rings. The van der Waals surface area contributed by atoms with E-state index in [0.29, 0.717) is 13.1 Å². The number of rotatable bonds is 4. The number of H-pyrrole nitrogens is 1. The molecule has 138 valence electrons. The molecule has 3 aromatic rings. The molecule has 1 amide bonds. The minimum atomic E-state index is -0.594. The first-order valence-corrected chi connectivity index (χ1v) is 9.11. The van der Waals surface area contributed by atoms with Crippen molar-refractivity contribution in [3.63, 3.8) is 0 Å². The molecule has 1 saturated heterocycles. The van der Waals surface area contributed by atoms with Crippen molar-refractivity contribution in [3.8, 4) is 11.1 Å². The number of furan rings is 1. The highest BCUT2D eigenvalue weighted by molar-refractivity contribution is 6.41. The number of aryl methyl sites for hydroxylation is 1. The Morgan fingerprint density at radius 3 is 2.78 bits per heavy atom. The standard InChI is InChI=1S/C21H21N3O3/c1-14-6-8-15(9-7-14)17-12-22-23-19(17)16-4-2-10-24(13-16)21(26)20(25)18-5-3-11-27-18/h3,5-9,11-12,16H,2,4,10,13H2,1H3,(H,22,23)/t16-/m1/s1. The number of likely N-dealkylation sites (tertiary alicyclic amines) is 1. The number of nitrogens with zero attached hydrogens (tertiary/aromatic N) is 2. The molecule has 27 heavy (non-hydrogen) atoms. The average molecular weight is 363 g/mol. The maximum Gasteiger partial charge on any atom is 0.298 e. The summed E-state index contributed by atoms with van der Waals surface area (Å²) in [6.07, 6.45) is 5.01. The number of ketones is 1. The van der Waals surface area contributed by atoms with Gasteiger partial charge in [-0.25, -0.2) is 0 Å². The predicted octanol–water partition coefficient (Wildman–Crippen LogP) is 3.57. The summed E-state index contributed by atoms with van der Waals surface area (Å²) in [4.78, 5) is 26.5. The van der Waals surface area contributed by atoms with Crippen molar-refractivity contribution < 1.29 is 14.0 Å². The van der Waals surface area contributed by atoms with Gasteiger partial charge in [0, 0.05) is 30.3 Å². The van der Waals surface area contributed by atoms with E-state index in [1.807, 2.05) is 6.20 Å². The van der Waals surface area contributed by atoms with Crippen molar-refractivity contribution in [2.75, 3.05) is 13.1 Å². The van der Waals surface area contributed by atoms with Gasteiger partial charge in [-0.1, -0.05) is 29.8 Å². The zero-order valence-corrected chi connectivity index (χ0v) is 15.1. The van der Waals surface area contributed by atoms with Crippen LogP contribution in [0.1, 0.15) is 40.6 Å². The fourth-order valence-electron chi connectivity index (χ4n) is 3.62. The Morgan fingerprint density at radius 2 is 2.04 bits per heavy atom. The van der Waals surface area contributed by atoms with E-state index >= 15 is 0 Å². The highest BCUT2D eigenvalue weighted by Crippen LogP contribution is 2.33. The van der Waals surface area contributed by atoms with Gasteiger partial charge in [0.25, 0.3) is 11.7 Å². The molecule has 0 saturated carbocycles. The summed E-state index contributed by atoms with van der Waals surface area (Å²) >= 11 is 0. The van der Waals surface area contributed by atoms with Crippen LogP contribution in [0.15, 0.2) is 53.3 Å². The minimum absolute atomic E-state index is 0.0870. The van der Waals surface area contributed by atoms with Gasteiger partial charge in [-0.3, -0.25) is 14.7 Å². The first-order valence-electron chi connectivity index (χ1n) is 9.11. The van der Waals surface area contributed by atoms with E-state index in [-0.39, 0.29) is 11.7 Å². The Labute approximate surface area is 157 Å². The number of hydrogen-bond donors (Lipinski definition) is 1. The van der Waals surface area contributed by atoms with Crippen LogP contribution in [0.25, 0.3) is 11.1 Å². The van der Waals surface area contributed by atoms with Crippen LogP contribution in [0.4, 0.5) is 0 Å². The van der Waals surface area contributed by atoms with Crippen LogP contribution in [0.2, 0.25) is 0 Å². The summed E-state index contributed by atoms with van der Waals surface area (Å²) in [5.74, 6) is -0.898. The summed E-state index contributed by atoms with van der Waals surface area (Å²) in [6, 6.07) is 11.4. The summed E-state index contributed by atoms with van der Waals surface area (Å²) in [5.41, 5.74) is 4.36. The van der Waals surface area contributed by atoms with Crippen LogP contribution < -0.4 is 0 Å². The van der Waals surface area contributed by atoms with Gasteiger partial charge in [-0.2, -0.15) is 5.10 Å². The maximum absolute atomic E-state index is 12.6. The molecule has 6 heteroatoms. The number of nitrogens with one attached hydrogen (secondary N) is 1. The van der Waals surface area contributed by atoms with Crippen molar-refractivity contribution >= 4 is 11.7 Å². The molecule has 1 aliphatic heterocycles. The Kier molecular flexibility index (Phi) is 4.62. The van der Waals surface area contributed by atoms with Crippen molar-refractivity contribution in [2.24, 2.45) is 0 Å². The van der Waals surface area contributed by atoms with Gasteiger partial charge in [-0.15, -0.1) is 0 Å². The van der Waals surface area contributed by atoms with Gasteiger partial charge in [0.05, 0.1) is 12.5 Å². The van der Waals surface area contributed by atoms with Crippen LogP contribution in [-0.4, -0.2) is 39.9 Å². The molecule has 2 aromatic heterocycles. The van der Waals surface area contributed by atoms with E-state index in [4.69, 9.17) is 4.42 Å². The number of amides is 1. The average Bonchev–Trinajstić information content (AvgIpc) is 3.39. The Morgan fingerprint density at radius 1 is 1.22 bits per heavy atom. The van der Waals surface area contributed by atoms with Crippen LogP contribution in [0.5, 0.6) is 0 Å². The fourth-order valence-corrected chi connectivity index (χ4v) is 3.62. The molecule has 3 heterocycles. The summed E-state index contributed by atoms with van der Waals surface area (Å²) in [7, 11) is 0. The summed E-state index contributed by atoms with van der Waals surface area (Å²) < 4.78 is 5.08. The second-order valence-corrected chi connectivity index (χ2v) is 6.96. The van der Waals surface area contributed by atoms with Crippen LogP contribution in [0.3, 0.4) is 0 Å². The first-order chi connectivity index (χ1) is 13.1. The largest absolute Gasteiger partial charge is 0.461 e. The zero-order chi connectivity index (χ0) is 18.8. The normalized spacial score (nSPS) is 17.1. The third-order valence-corrected chi connectivity index (χ3v) is 5.09. The molecule has 1 aromatic carbocycles. The lowest BCUT2D eigenvalue weighted by molar-refractivity contribution is -0.127. The molecular formula is C21H21N3O3. The smallest absolute Gasteiger partial charge is 0.298 e. The second-order valence-electron chi connectivity index (χ2n) is 6.96. The molecule has 1 N–H and O–H groups in total. The molecule has 4 rings (SSSR count). The van der Waals surface area contributed by atoms with E-state index in [9.17, 15) is 9.59 Å². The van der Waals surface area contributed by atoms with Gasteiger partial charge in [-0.05, 0) is 37.5 Å². The molecule has 0 spiro atoms. The Hall–Kier alpha value is -3.15. The molecule has 0 unspecified atom stereocenters. The zero-order valence-electron chi connectivity index (χ0n) is 15.1. The number of piperidine rings is 1. The number of aromatic amines is 1. The third-order valence-electron chi connectivity index (χ3n) is 5.09. The van der Waals surface area contributed by atoms with E-state index in [0.717, 1.165) is 29.7 Å². The van der Waals surface area contributed by atoms with E-state index < -0.39 is 11.7 Å². The van der Waals surface area contributed by atoms with E-state index in [2.05, 4.69) is 41.4 Å². The van der Waals surface area contributed by atoms with Gasteiger partial charge in [0.1, 0.15) is 0 Å². The van der Waals surface area contributed by atoms with Crippen molar-refractivity contribution in [3.05, 3.63) is 65.9 Å². The van der Waals surface area contributed by atoms with Gasteiger partial charge in [0.2, 0.25) is 0 Å². The lowest BCUT2D eigenvalue weighted by atomic mass is 9.90. The molecular weight excluding hydrogens is 342 g/mol. The fraction of sp³-hybridized carbons (Fsp3) is 0.286. The quantitative estimate of drug-likeness (QED) is 0.568. The Bertz CT molecular complexity index is 941. The number of benzene rings is 1. The SMILES string of the molecule is Cc1ccc(-c2cn[nH]c2[C@@H]2CCCN(C(=O)C(=O)c3ccco3)C2)cc1. The van der Waals surface area contributed by atoms with Crippen molar-refractivity contribution in [1.29, 1.82) is 0 Å². The second kappa shape index (κ2) is 7.23. The highest BCUT2D eigenvalue weighted by atomic mass is 16.3. The molecule has 0 bridgehead atoms. The van der Waals surface area contributed by atoms with E-state index in [1.165, 1.54) is 17.9 Å². The van der Waals surface area contributed by atoms with Gasteiger partial charge >= 0.3 is 0 Å². The maximum atomic E-state index is 12.6. The number of carbonyl (C=O) groups excluding carboxylic acids is 2. The molecule has 0 aliphatic carbocycles. The van der Waals surface area contributed by atoms with Gasteiger partial charge in [0.15, 0.2) is 5.76 Å². The molecule has 1 atom stereocenters. The molecule has 1 aliphatic rings. The number of hydrogen-bond acceptors (Lipinski definition) is 4. The highest BCUT2D eigenvalue weighted by Gasteiger charge is 2.31. The molecule has 6 nitrogen and oxygen atoms in total. The lowest BCUT2D eigenvalue weighted by Crippen LogP contribution is -2.42. The molecule has 0 radical (unpaired) electrons. The minimum Gasteiger partial charge on any atom is -0.461 e. The van der Waals surface area contributed by atoms with Crippen LogP contribution >= 0.6 is 0 Å². The Balaban J connectivity index is 1.54. The number of aromatic nitrogens is 2. The summed E-state index contributed by atoms with van der Waals surface area (Å²) in [5, 5.41) is 7.34. The van der Waals surface area contributed by atoms with Crippen LogP contribution in [-0.2, 0) is 4.79 Å².